The van der Waals surface area contributed by atoms with Crippen LogP contribution in [0.25, 0.3) is 0 Å². The lowest BCUT2D eigenvalue weighted by Crippen LogP contribution is -2.31. The Kier molecular flexibility index (Phi) is 7.60. The molecule has 5 rings (SSSR count). The van der Waals surface area contributed by atoms with Crippen LogP contribution in [0.15, 0.2) is 90.4 Å². The molecule has 40 heavy (non-hydrogen) atoms. The Bertz CT molecular complexity index is 1520. The molecule has 4 aromatic rings. The van der Waals surface area contributed by atoms with Crippen LogP contribution in [0.4, 0.5) is 11.6 Å². The summed E-state index contributed by atoms with van der Waals surface area (Å²) < 4.78 is 13.5. The number of nitrogens with zero attached hydrogens (tertiary/aromatic N) is 3. The number of rotatable bonds is 8. The molecule has 3 aromatic carbocycles. The molecule has 0 saturated carbocycles. The van der Waals surface area contributed by atoms with E-state index >= 15 is 0 Å². The Hall–Kier alpha value is -4.59. The average Bonchev–Trinajstić information content (AvgIpc) is 3.40. The van der Waals surface area contributed by atoms with Crippen molar-refractivity contribution in [2.24, 2.45) is 0 Å². The zero-order valence-corrected chi connectivity index (χ0v) is 23.6. The molecule has 2 N–H and O–H groups in total. The van der Waals surface area contributed by atoms with Crippen molar-refractivity contribution >= 4 is 17.5 Å². The minimum absolute atomic E-state index is 0.114. The van der Waals surface area contributed by atoms with Gasteiger partial charge in [0.2, 0.25) is 5.95 Å². The minimum Gasteiger partial charge on any atom is -0.492 e. The monoisotopic (exact) mass is 537 g/mol. The van der Waals surface area contributed by atoms with E-state index in [0.29, 0.717) is 41.9 Å². The van der Waals surface area contributed by atoms with E-state index in [4.69, 9.17) is 9.47 Å². The van der Waals surface area contributed by atoms with E-state index in [1.54, 1.807) is 4.68 Å². The summed E-state index contributed by atoms with van der Waals surface area (Å²) in [6.45, 7) is 11.4. The molecule has 1 aliphatic rings. The summed E-state index contributed by atoms with van der Waals surface area (Å²) in [4.78, 5) is 18.0. The number of benzene rings is 3. The summed E-state index contributed by atoms with van der Waals surface area (Å²) in [5.74, 6) is 1.69. The molecule has 0 saturated heterocycles. The molecule has 0 aliphatic carbocycles. The highest BCUT2D eigenvalue weighted by Crippen LogP contribution is 2.36. The summed E-state index contributed by atoms with van der Waals surface area (Å²) in [6.07, 6.45) is 1.48. The minimum atomic E-state index is -0.475. The van der Waals surface area contributed by atoms with Gasteiger partial charge in [-0.25, -0.2) is 4.68 Å². The van der Waals surface area contributed by atoms with Gasteiger partial charge in [0.15, 0.2) is 0 Å². The Labute approximate surface area is 235 Å². The Balaban J connectivity index is 1.37. The number of hydrogen-bond donors (Lipinski definition) is 2. The predicted molar refractivity (Wildman–Crippen MR) is 157 cm³/mol. The van der Waals surface area contributed by atoms with Gasteiger partial charge >= 0.3 is 0 Å². The lowest BCUT2D eigenvalue weighted by Gasteiger charge is -2.29. The second-order valence-electron chi connectivity index (χ2n) is 10.8. The van der Waals surface area contributed by atoms with Crippen molar-refractivity contribution in [1.29, 1.82) is 0 Å². The number of amides is 1. The highest BCUT2D eigenvalue weighted by Gasteiger charge is 2.33. The van der Waals surface area contributed by atoms with Crippen molar-refractivity contribution in [2.45, 2.75) is 52.7 Å². The Morgan fingerprint density at radius 1 is 1.00 bits per heavy atom. The van der Waals surface area contributed by atoms with Gasteiger partial charge < -0.3 is 20.1 Å². The smallest absolute Gasteiger partial charge is 0.255 e. The lowest BCUT2D eigenvalue weighted by molar-refractivity contribution is -0.113. The molecule has 1 unspecified atom stereocenters. The van der Waals surface area contributed by atoms with Crippen molar-refractivity contribution in [2.75, 3.05) is 17.2 Å². The first-order valence-corrected chi connectivity index (χ1v) is 13.5. The molecule has 0 spiro atoms. The number of ether oxygens (including phenoxy) is 2. The van der Waals surface area contributed by atoms with Crippen LogP contribution in [0.2, 0.25) is 0 Å². The molecule has 8 nitrogen and oxygen atoms in total. The highest BCUT2D eigenvalue weighted by molar-refractivity contribution is 6.06. The van der Waals surface area contributed by atoms with Gasteiger partial charge in [-0.3, -0.25) is 4.79 Å². The van der Waals surface area contributed by atoms with Crippen LogP contribution in [0.1, 0.15) is 57.4 Å². The maximum atomic E-state index is 13.7. The fourth-order valence-electron chi connectivity index (χ4n) is 4.75. The van der Waals surface area contributed by atoms with Gasteiger partial charge in [0.1, 0.15) is 30.5 Å². The molecule has 0 bridgehead atoms. The number of fused-ring (bicyclic) bond motifs is 1. The predicted octanol–water partition coefficient (Wildman–Crippen LogP) is 6.48. The zero-order chi connectivity index (χ0) is 28.3. The van der Waals surface area contributed by atoms with Crippen molar-refractivity contribution in [1.82, 2.24) is 14.8 Å². The quantitative estimate of drug-likeness (QED) is 0.267. The molecular weight excluding hydrogens is 502 g/mol. The van der Waals surface area contributed by atoms with E-state index in [9.17, 15) is 4.79 Å². The first-order chi connectivity index (χ1) is 19.2. The van der Waals surface area contributed by atoms with Gasteiger partial charge in [0.25, 0.3) is 5.91 Å². The third-order valence-corrected chi connectivity index (χ3v) is 6.90. The average molecular weight is 538 g/mol. The summed E-state index contributed by atoms with van der Waals surface area (Å²) in [5, 5.41) is 10.7. The highest BCUT2D eigenvalue weighted by atomic mass is 16.5. The van der Waals surface area contributed by atoms with Crippen LogP contribution in [0.3, 0.4) is 0 Å². The van der Waals surface area contributed by atoms with Crippen LogP contribution in [0, 0.1) is 0 Å². The topological polar surface area (TPSA) is 90.3 Å². The standard InChI is InChI=1S/C32H35N5O3/c1-6-39-27-10-8-7-9-26(27)36-30(38)28-21(2)35-31-33-20-34-37(31)29(28)23-13-17-25(18-14-23)40-19-22-11-15-24(16-12-22)32(3,4)5/h7-18,20,29H,6,19H2,1-5H3,(H,36,38)(H,33,34,35). The maximum absolute atomic E-state index is 13.7. The summed E-state index contributed by atoms with van der Waals surface area (Å²) in [6, 6.07) is 23.2. The van der Waals surface area contributed by atoms with Gasteiger partial charge in [0, 0.05) is 5.70 Å². The van der Waals surface area contributed by atoms with Gasteiger partial charge in [-0.05, 0) is 60.2 Å². The number of allylic oxidation sites excluding steroid dienone is 1. The Morgan fingerprint density at radius 2 is 1.73 bits per heavy atom. The van der Waals surface area contributed by atoms with Gasteiger partial charge in [-0.1, -0.05) is 69.3 Å². The van der Waals surface area contributed by atoms with E-state index in [1.807, 2.05) is 62.4 Å². The van der Waals surface area contributed by atoms with Gasteiger partial charge in [0.05, 0.1) is 17.9 Å². The van der Waals surface area contributed by atoms with E-state index < -0.39 is 6.04 Å². The molecule has 1 aromatic heterocycles. The normalized spacial score (nSPS) is 14.8. The number of para-hydroxylation sites is 2. The Morgan fingerprint density at radius 3 is 2.42 bits per heavy atom. The van der Waals surface area contributed by atoms with E-state index in [1.165, 1.54) is 11.9 Å². The SMILES string of the molecule is CCOc1ccccc1NC(=O)C1=C(C)Nc2ncnn2C1c1ccc(OCc2ccc(C(C)(C)C)cc2)cc1. The molecule has 1 amide bonds. The molecule has 1 aliphatic heterocycles. The van der Waals surface area contributed by atoms with Gasteiger partial charge in [-0.2, -0.15) is 10.1 Å². The molecule has 0 radical (unpaired) electrons. The van der Waals surface area contributed by atoms with Crippen LogP contribution < -0.4 is 20.1 Å². The van der Waals surface area contributed by atoms with Crippen LogP contribution in [0.5, 0.6) is 11.5 Å². The summed E-state index contributed by atoms with van der Waals surface area (Å²) >= 11 is 0. The van der Waals surface area contributed by atoms with Crippen molar-refractivity contribution in [3.8, 4) is 11.5 Å². The molecule has 8 heteroatoms. The first-order valence-electron chi connectivity index (χ1n) is 13.5. The summed E-state index contributed by atoms with van der Waals surface area (Å²) in [7, 11) is 0. The van der Waals surface area contributed by atoms with Crippen LogP contribution in [-0.4, -0.2) is 27.3 Å². The molecule has 1 atom stereocenters. The van der Waals surface area contributed by atoms with E-state index in [0.717, 1.165) is 16.9 Å². The fraction of sp³-hybridized carbons (Fsp3) is 0.281. The third-order valence-electron chi connectivity index (χ3n) is 6.90. The molecule has 2 heterocycles. The van der Waals surface area contributed by atoms with Crippen LogP contribution in [-0.2, 0) is 16.8 Å². The van der Waals surface area contributed by atoms with Crippen molar-refractivity contribution in [3.05, 3.63) is 107 Å². The number of hydrogen-bond acceptors (Lipinski definition) is 6. The van der Waals surface area contributed by atoms with E-state index in [2.05, 4.69) is 65.8 Å². The van der Waals surface area contributed by atoms with Crippen molar-refractivity contribution < 1.29 is 14.3 Å². The number of carbonyl (C=O) groups is 1. The number of carbonyl (C=O) groups excluding carboxylic acids is 1. The second-order valence-corrected chi connectivity index (χ2v) is 10.8. The van der Waals surface area contributed by atoms with E-state index in [-0.39, 0.29) is 11.3 Å². The third kappa shape index (κ3) is 5.71. The maximum Gasteiger partial charge on any atom is 0.255 e. The second kappa shape index (κ2) is 11.3. The zero-order valence-electron chi connectivity index (χ0n) is 23.6. The molecule has 206 valence electrons. The molecule has 0 fully saturated rings. The lowest BCUT2D eigenvalue weighted by atomic mass is 9.87. The largest absolute Gasteiger partial charge is 0.492 e. The number of nitrogens with one attached hydrogen (secondary N) is 2. The number of anilines is 2. The number of aromatic nitrogens is 3. The van der Waals surface area contributed by atoms with Gasteiger partial charge in [-0.15, -0.1) is 0 Å². The fourth-order valence-corrected chi connectivity index (χ4v) is 4.75. The summed E-state index contributed by atoms with van der Waals surface area (Å²) in [5.41, 5.74) is 5.25. The molecular formula is C32H35N5O3. The van der Waals surface area contributed by atoms with Crippen molar-refractivity contribution in [3.63, 3.8) is 0 Å². The van der Waals surface area contributed by atoms with Crippen LogP contribution >= 0.6 is 0 Å². The first kappa shape index (κ1) is 27.0.